The number of aromatic nitrogens is 2. The van der Waals surface area contributed by atoms with E-state index in [1.165, 1.54) is 11.8 Å². The number of imidazole rings is 1. The van der Waals surface area contributed by atoms with E-state index in [0.717, 1.165) is 24.4 Å². The van der Waals surface area contributed by atoms with E-state index in [1.807, 2.05) is 13.1 Å². The number of rotatable bonds is 5. The first-order valence-corrected chi connectivity index (χ1v) is 8.82. The summed E-state index contributed by atoms with van der Waals surface area (Å²) in [5.41, 5.74) is -0.222. The van der Waals surface area contributed by atoms with Crippen LogP contribution in [0.25, 0.3) is 0 Å². The number of thioether (sulfide) groups is 1. The van der Waals surface area contributed by atoms with Crippen molar-refractivity contribution in [2.75, 3.05) is 12.4 Å². The molecular weight excluding hydrogens is 298 g/mol. The first kappa shape index (κ1) is 17.3. The second-order valence-electron chi connectivity index (χ2n) is 7.36. The number of hydrogen-bond acceptors (Lipinski definition) is 4. The highest BCUT2D eigenvalue weighted by Crippen LogP contribution is 2.37. The molecule has 22 heavy (non-hydrogen) atoms. The Morgan fingerprint density at radius 3 is 2.95 bits per heavy atom. The van der Waals surface area contributed by atoms with Crippen molar-refractivity contribution in [2.45, 2.75) is 63.7 Å². The Morgan fingerprint density at radius 1 is 1.59 bits per heavy atom. The fraction of sp³-hybridized carbons (Fsp3) is 0.750. The number of hydrogen-bond donors (Lipinski definition) is 2. The first-order chi connectivity index (χ1) is 10.3. The molecule has 0 spiro atoms. The van der Waals surface area contributed by atoms with Crippen LogP contribution in [0.3, 0.4) is 0 Å². The number of carbonyl (C=O) groups is 1. The molecule has 1 aromatic rings. The molecule has 0 bridgehead atoms. The number of aliphatic hydroxyl groups excluding tert-OH is 1. The van der Waals surface area contributed by atoms with E-state index in [9.17, 15) is 9.90 Å². The van der Waals surface area contributed by atoms with Gasteiger partial charge in [0, 0.05) is 29.4 Å². The lowest BCUT2D eigenvalue weighted by Crippen LogP contribution is -2.45. The van der Waals surface area contributed by atoms with E-state index in [-0.39, 0.29) is 29.5 Å². The Labute approximate surface area is 136 Å². The molecule has 1 heterocycles. The zero-order chi connectivity index (χ0) is 16.4. The Balaban J connectivity index is 1.90. The Hall–Kier alpha value is -1.01. The van der Waals surface area contributed by atoms with Crippen molar-refractivity contribution in [3.05, 3.63) is 12.4 Å². The number of carbonyl (C=O) groups excluding carboxylic acids is 1. The van der Waals surface area contributed by atoms with Gasteiger partial charge in [-0.2, -0.15) is 0 Å². The average Bonchev–Trinajstić information content (AvgIpc) is 3.04. The lowest BCUT2D eigenvalue weighted by Gasteiger charge is -2.30. The van der Waals surface area contributed by atoms with Crippen LogP contribution in [0.2, 0.25) is 0 Å². The maximum Gasteiger partial charge on any atom is 0.230 e. The van der Waals surface area contributed by atoms with Crippen LogP contribution in [-0.4, -0.2) is 39.0 Å². The largest absolute Gasteiger partial charge is 0.396 e. The van der Waals surface area contributed by atoms with Crippen LogP contribution < -0.4 is 5.32 Å². The van der Waals surface area contributed by atoms with Crippen LogP contribution in [0.4, 0.5) is 0 Å². The summed E-state index contributed by atoms with van der Waals surface area (Å²) in [5, 5.41) is 13.5. The lowest BCUT2D eigenvalue weighted by atomic mass is 9.86. The maximum atomic E-state index is 12.2. The third kappa shape index (κ3) is 3.84. The normalized spacial score (nSPS) is 25.4. The van der Waals surface area contributed by atoms with Crippen molar-refractivity contribution in [2.24, 2.45) is 5.41 Å². The number of nitrogens with one attached hydrogen (secondary N) is 1. The first-order valence-electron chi connectivity index (χ1n) is 7.83. The van der Waals surface area contributed by atoms with E-state index in [4.69, 9.17) is 0 Å². The topological polar surface area (TPSA) is 67.2 Å². The summed E-state index contributed by atoms with van der Waals surface area (Å²) in [7, 11) is 0. The van der Waals surface area contributed by atoms with Gasteiger partial charge in [0.1, 0.15) is 0 Å². The summed E-state index contributed by atoms with van der Waals surface area (Å²) in [5.74, 6) is 0.366. The van der Waals surface area contributed by atoms with E-state index in [0.29, 0.717) is 5.75 Å². The zero-order valence-corrected chi connectivity index (χ0v) is 14.7. The smallest absolute Gasteiger partial charge is 0.230 e. The number of aliphatic hydroxyl groups is 1. The van der Waals surface area contributed by atoms with Crippen molar-refractivity contribution >= 4 is 17.7 Å². The van der Waals surface area contributed by atoms with Gasteiger partial charge in [0.05, 0.1) is 12.4 Å². The van der Waals surface area contributed by atoms with Crippen LogP contribution in [0.5, 0.6) is 0 Å². The SMILES string of the molecule is CC1(CO)CCCC1NC(=O)CSc1nccn1C(C)(C)C. The molecule has 0 aliphatic heterocycles. The van der Waals surface area contributed by atoms with Crippen LogP contribution in [-0.2, 0) is 10.3 Å². The van der Waals surface area contributed by atoms with Crippen molar-refractivity contribution < 1.29 is 9.90 Å². The third-order valence-corrected chi connectivity index (χ3v) is 5.41. The van der Waals surface area contributed by atoms with Crippen molar-refractivity contribution in [3.8, 4) is 0 Å². The minimum atomic E-state index is -0.176. The molecule has 2 atom stereocenters. The fourth-order valence-electron chi connectivity index (χ4n) is 2.94. The van der Waals surface area contributed by atoms with Crippen LogP contribution >= 0.6 is 11.8 Å². The highest BCUT2D eigenvalue weighted by molar-refractivity contribution is 7.99. The standard InChI is InChI=1S/C16H27N3O2S/c1-15(2,3)19-9-8-17-14(19)22-10-13(21)18-12-6-5-7-16(12,4)11-20/h8-9,12,20H,5-7,10-11H2,1-4H3,(H,18,21). The molecule has 1 amide bonds. The molecule has 5 nitrogen and oxygen atoms in total. The fourth-order valence-corrected chi connectivity index (χ4v) is 3.89. The lowest BCUT2D eigenvalue weighted by molar-refractivity contribution is -0.120. The molecule has 2 N–H and O–H groups in total. The molecule has 6 heteroatoms. The second-order valence-corrected chi connectivity index (χ2v) is 8.31. The maximum absolute atomic E-state index is 12.2. The zero-order valence-electron chi connectivity index (χ0n) is 13.9. The second kappa shape index (κ2) is 6.62. The molecule has 0 aromatic carbocycles. The van der Waals surface area contributed by atoms with E-state index < -0.39 is 0 Å². The van der Waals surface area contributed by atoms with Gasteiger partial charge in [-0.05, 0) is 33.6 Å². The molecule has 1 aliphatic carbocycles. The summed E-state index contributed by atoms with van der Waals surface area (Å²) in [6, 6.07) is 0.0768. The van der Waals surface area contributed by atoms with Crippen LogP contribution in [0.1, 0.15) is 47.0 Å². The Kier molecular flexibility index (Phi) is 5.22. The third-order valence-electron chi connectivity index (χ3n) is 4.44. The van der Waals surface area contributed by atoms with E-state index >= 15 is 0 Å². The minimum Gasteiger partial charge on any atom is -0.396 e. The van der Waals surface area contributed by atoms with Crippen LogP contribution in [0, 0.1) is 5.41 Å². The molecule has 124 valence electrons. The predicted molar refractivity (Wildman–Crippen MR) is 88.9 cm³/mol. The number of nitrogens with zero attached hydrogens (tertiary/aromatic N) is 2. The quantitative estimate of drug-likeness (QED) is 0.816. The molecule has 1 saturated carbocycles. The molecule has 0 radical (unpaired) electrons. The van der Waals surface area contributed by atoms with Gasteiger partial charge in [-0.3, -0.25) is 4.79 Å². The Bertz CT molecular complexity index is 524. The minimum absolute atomic E-state index is 0.0139. The van der Waals surface area contributed by atoms with E-state index in [2.05, 4.69) is 35.6 Å². The van der Waals surface area contributed by atoms with Gasteiger partial charge in [0.2, 0.25) is 5.91 Å². The van der Waals surface area contributed by atoms with Gasteiger partial charge < -0.3 is 15.0 Å². The monoisotopic (exact) mass is 325 g/mol. The van der Waals surface area contributed by atoms with Crippen molar-refractivity contribution in [1.29, 1.82) is 0 Å². The van der Waals surface area contributed by atoms with Gasteiger partial charge in [-0.1, -0.05) is 25.1 Å². The van der Waals surface area contributed by atoms with Crippen LogP contribution in [0.15, 0.2) is 17.6 Å². The van der Waals surface area contributed by atoms with Crippen molar-refractivity contribution in [3.63, 3.8) is 0 Å². The molecule has 1 aromatic heterocycles. The highest BCUT2D eigenvalue weighted by Gasteiger charge is 2.39. The number of amides is 1. The van der Waals surface area contributed by atoms with Crippen molar-refractivity contribution in [1.82, 2.24) is 14.9 Å². The molecule has 2 rings (SSSR count). The molecule has 1 aliphatic rings. The van der Waals surface area contributed by atoms with Gasteiger partial charge >= 0.3 is 0 Å². The molecular formula is C16H27N3O2S. The van der Waals surface area contributed by atoms with Gasteiger partial charge in [0.15, 0.2) is 5.16 Å². The average molecular weight is 325 g/mol. The summed E-state index contributed by atoms with van der Waals surface area (Å²) in [6.07, 6.45) is 6.69. The summed E-state index contributed by atoms with van der Waals surface area (Å²) in [4.78, 5) is 16.5. The summed E-state index contributed by atoms with van der Waals surface area (Å²) >= 11 is 1.46. The predicted octanol–water partition coefficient (Wildman–Crippen LogP) is 2.40. The summed E-state index contributed by atoms with van der Waals surface area (Å²) in [6.45, 7) is 8.52. The Morgan fingerprint density at radius 2 is 2.32 bits per heavy atom. The molecule has 1 fully saturated rings. The van der Waals surface area contributed by atoms with Gasteiger partial charge in [0.25, 0.3) is 0 Å². The van der Waals surface area contributed by atoms with E-state index in [1.54, 1.807) is 6.20 Å². The molecule has 2 unspecified atom stereocenters. The highest BCUT2D eigenvalue weighted by atomic mass is 32.2. The van der Waals surface area contributed by atoms with Gasteiger partial charge in [-0.25, -0.2) is 4.98 Å². The van der Waals surface area contributed by atoms with Gasteiger partial charge in [-0.15, -0.1) is 0 Å². The summed E-state index contributed by atoms with van der Waals surface area (Å²) < 4.78 is 2.08. The molecule has 0 saturated heterocycles.